The smallest absolute Gasteiger partial charge is 0.347 e. The second-order valence-electron chi connectivity index (χ2n) is 17.8. The second kappa shape index (κ2) is 9.52. The number of carbonyl (C=O) groups is 2. The van der Waals surface area contributed by atoms with Crippen molar-refractivity contribution in [3.63, 3.8) is 0 Å². The van der Waals surface area contributed by atoms with E-state index in [4.69, 9.17) is 9.47 Å². The van der Waals surface area contributed by atoms with Crippen molar-refractivity contribution in [1.29, 1.82) is 0 Å². The van der Waals surface area contributed by atoms with Crippen LogP contribution in [-0.4, -0.2) is 38.6 Å². The number of rotatable bonds is 4. The number of hydrogen-bond acceptors (Lipinski definition) is 6. The first-order valence-corrected chi connectivity index (χ1v) is 17.8. The molecule has 4 saturated carbocycles. The average molecular weight is 638 g/mol. The van der Waals surface area contributed by atoms with Crippen molar-refractivity contribution in [3.05, 3.63) is 32.1 Å². The zero-order valence-electron chi connectivity index (χ0n) is 29.7. The first-order valence-electron chi connectivity index (χ1n) is 17.8. The number of ether oxygens (including phenoxy) is 2. The average Bonchev–Trinajstić information content (AvgIpc) is 3.43. The monoisotopic (exact) mass is 637 g/mol. The Morgan fingerprint density at radius 3 is 2.17 bits per heavy atom. The van der Waals surface area contributed by atoms with Gasteiger partial charge in [0.1, 0.15) is 12.7 Å². The second-order valence-corrected chi connectivity index (χ2v) is 17.8. The molecule has 0 bridgehead atoms. The molecule has 0 aromatic carbocycles. The van der Waals surface area contributed by atoms with E-state index in [1.165, 1.54) is 29.6 Å². The highest BCUT2D eigenvalue weighted by Gasteiger charge is 2.73. The van der Waals surface area contributed by atoms with Gasteiger partial charge in [-0.1, -0.05) is 48.5 Å². The van der Waals surface area contributed by atoms with Crippen LogP contribution in [0.2, 0.25) is 0 Å². The molecule has 5 aliphatic carbocycles. The van der Waals surface area contributed by atoms with E-state index in [9.17, 15) is 19.2 Å². The largest absolute Gasteiger partial charge is 0.465 e. The molecule has 0 spiro atoms. The first kappa shape index (κ1) is 32.0. The van der Waals surface area contributed by atoms with Gasteiger partial charge in [-0.3, -0.25) is 9.59 Å². The molecule has 7 rings (SSSR count). The minimum atomic E-state index is -0.639. The zero-order chi connectivity index (χ0) is 33.6. The molecule has 1 aliphatic heterocycles. The molecule has 4 fully saturated rings. The van der Waals surface area contributed by atoms with Gasteiger partial charge in [-0.2, -0.15) is 0 Å². The van der Waals surface area contributed by atoms with Crippen LogP contribution >= 0.6 is 0 Å². The van der Waals surface area contributed by atoms with Crippen LogP contribution in [0.25, 0.3) is 0 Å². The molecule has 0 saturated heterocycles. The molecule has 46 heavy (non-hydrogen) atoms. The first-order chi connectivity index (χ1) is 21.3. The highest BCUT2D eigenvalue weighted by molar-refractivity contribution is 5.66. The van der Waals surface area contributed by atoms with E-state index >= 15 is 0 Å². The minimum absolute atomic E-state index is 0.0234. The fourth-order valence-electron chi connectivity index (χ4n) is 13.3. The molecule has 0 amide bonds. The highest BCUT2D eigenvalue weighted by Crippen LogP contribution is 2.79. The number of allylic oxidation sites excluding steroid dienone is 1. The Hall–Kier alpha value is -2.58. The van der Waals surface area contributed by atoms with Gasteiger partial charge in [0.2, 0.25) is 0 Å². The predicted molar refractivity (Wildman–Crippen MR) is 174 cm³/mol. The summed E-state index contributed by atoms with van der Waals surface area (Å²) in [5.41, 5.74) is 0.812. The molecule has 6 aliphatic rings. The van der Waals surface area contributed by atoms with Crippen molar-refractivity contribution in [3.8, 4) is 0 Å². The summed E-state index contributed by atoms with van der Waals surface area (Å²) in [6.07, 6.45) is 8.09. The molecule has 2 unspecified atom stereocenters. The molecular weight excluding hydrogens is 582 g/mol. The summed E-state index contributed by atoms with van der Waals surface area (Å²) in [5, 5.41) is 0. The van der Waals surface area contributed by atoms with E-state index in [0.717, 1.165) is 57.8 Å². The topological polar surface area (TPSA) is 102 Å². The summed E-state index contributed by atoms with van der Waals surface area (Å²) in [6, 6.07) is -0.230. The van der Waals surface area contributed by atoms with E-state index in [-0.39, 0.29) is 68.5 Å². The fourth-order valence-corrected chi connectivity index (χ4v) is 13.3. The molecule has 0 N–H and O–H groups in total. The van der Waals surface area contributed by atoms with Crippen molar-refractivity contribution < 1.29 is 19.1 Å². The summed E-state index contributed by atoms with van der Waals surface area (Å²) in [5.74, 6) is 0.252. The molecule has 9 heteroatoms. The van der Waals surface area contributed by atoms with Crippen LogP contribution in [0.4, 0.5) is 0 Å². The molecule has 9 atom stereocenters. The van der Waals surface area contributed by atoms with E-state index in [1.807, 2.05) is 9.36 Å². The maximum Gasteiger partial charge on any atom is 0.347 e. The van der Waals surface area contributed by atoms with Gasteiger partial charge in [0.15, 0.2) is 0 Å². The maximum atomic E-state index is 14.3. The number of fused-ring (bicyclic) bond motifs is 7. The van der Waals surface area contributed by atoms with Crippen LogP contribution in [-0.2, 0) is 31.6 Å². The van der Waals surface area contributed by atoms with Crippen LogP contribution in [0.5, 0.6) is 0 Å². The van der Waals surface area contributed by atoms with Crippen molar-refractivity contribution in [2.24, 2.45) is 51.9 Å². The maximum absolute atomic E-state index is 14.3. The quantitative estimate of drug-likeness (QED) is 0.302. The molecule has 0 radical (unpaired) electrons. The fraction of sp³-hybridized carbons (Fsp3) is 0.838. The standard InChI is InChI=1S/C37H55N3O6/c1-21(2)37-18-17-36(20-45-22(3)41)16-15-35(9)28(29(36)37)24(39-30(43)38(10)31(44)40(37)39)19-26-33(7)13-12-27(46-23(4)42)32(5,6)25(33)11-14-34(26,35)8/h21,24-27H,11-20H2,1-10H3/t24?,25-,26+,27-,33-,34+,35+,36-,37?/m0/s1. The van der Waals surface area contributed by atoms with Gasteiger partial charge in [0.05, 0.1) is 11.6 Å². The van der Waals surface area contributed by atoms with E-state index in [0.29, 0.717) is 18.4 Å². The molecule has 9 nitrogen and oxygen atoms in total. The van der Waals surface area contributed by atoms with Crippen LogP contribution in [0.15, 0.2) is 20.7 Å². The Bertz CT molecular complexity index is 1680. The third-order valence-electron chi connectivity index (χ3n) is 15.6. The van der Waals surface area contributed by atoms with E-state index in [2.05, 4.69) is 48.5 Å². The number of aromatic nitrogens is 3. The Morgan fingerprint density at radius 2 is 1.54 bits per heavy atom. The lowest BCUT2D eigenvalue weighted by Crippen LogP contribution is -2.67. The Kier molecular flexibility index (Phi) is 6.62. The van der Waals surface area contributed by atoms with Gasteiger partial charge in [-0.05, 0) is 103 Å². The van der Waals surface area contributed by atoms with Gasteiger partial charge in [0.25, 0.3) is 0 Å². The summed E-state index contributed by atoms with van der Waals surface area (Å²) in [7, 11) is 1.62. The van der Waals surface area contributed by atoms with Gasteiger partial charge in [-0.15, -0.1) is 0 Å². The summed E-state index contributed by atoms with van der Waals surface area (Å²) >= 11 is 0. The third-order valence-corrected chi connectivity index (χ3v) is 15.6. The van der Waals surface area contributed by atoms with E-state index < -0.39 is 5.54 Å². The zero-order valence-corrected chi connectivity index (χ0v) is 29.7. The van der Waals surface area contributed by atoms with Crippen molar-refractivity contribution >= 4 is 11.9 Å². The van der Waals surface area contributed by atoms with Gasteiger partial charge >= 0.3 is 23.3 Å². The lowest BCUT2D eigenvalue weighted by Gasteiger charge is -2.72. The molecule has 2 heterocycles. The molecule has 1 aromatic rings. The number of esters is 2. The van der Waals surface area contributed by atoms with Gasteiger partial charge in [-0.25, -0.2) is 23.5 Å². The number of carbonyl (C=O) groups excluding carboxylic acids is 2. The lowest BCUT2D eigenvalue weighted by atomic mass is 9.33. The van der Waals surface area contributed by atoms with Crippen LogP contribution < -0.4 is 11.4 Å². The van der Waals surface area contributed by atoms with Gasteiger partial charge < -0.3 is 9.47 Å². The summed E-state index contributed by atoms with van der Waals surface area (Å²) in [6.45, 7) is 19.8. The SMILES string of the molecule is CC(=O)OC[C@]12CCC3(C(C)C)C1=C1C(C[C@@H]4[C@@]5(C)CC[C@H](OC(C)=O)C(C)(C)[C@@H]5CC[C@@]4(C)[C@]1(C)CC2)n1c(=O)n(C)c(=O)n13. The van der Waals surface area contributed by atoms with Gasteiger partial charge in [0, 0.05) is 31.7 Å². The summed E-state index contributed by atoms with van der Waals surface area (Å²) < 4.78 is 16.9. The Morgan fingerprint density at radius 1 is 0.870 bits per heavy atom. The third kappa shape index (κ3) is 3.53. The lowest BCUT2D eigenvalue weighted by molar-refractivity contribution is -0.218. The van der Waals surface area contributed by atoms with Crippen LogP contribution in [0, 0.1) is 44.8 Å². The predicted octanol–water partition coefficient (Wildman–Crippen LogP) is 5.89. The molecular formula is C37H55N3O6. The molecule has 1 aromatic heterocycles. The van der Waals surface area contributed by atoms with Crippen LogP contribution in [0.1, 0.15) is 126 Å². The number of hydrogen-bond donors (Lipinski definition) is 0. The Labute approximate surface area is 273 Å². The summed E-state index contributed by atoms with van der Waals surface area (Å²) in [4.78, 5) is 52.9. The van der Waals surface area contributed by atoms with Crippen molar-refractivity contribution in [2.75, 3.05) is 6.61 Å². The Balaban J connectivity index is 1.48. The van der Waals surface area contributed by atoms with Crippen molar-refractivity contribution in [2.45, 2.75) is 138 Å². The van der Waals surface area contributed by atoms with E-state index in [1.54, 1.807) is 7.05 Å². The van der Waals surface area contributed by atoms with Crippen molar-refractivity contribution in [1.82, 2.24) is 13.9 Å². The highest BCUT2D eigenvalue weighted by atomic mass is 16.5. The molecule has 254 valence electrons. The number of nitrogens with zero attached hydrogens (tertiary/aromatic N) is 3. The normalized spacial score (nSPS) is 43.4. The van der Waals surface area contributed by atoms with Crippen LogP contribution in [0.3, 0.4) is 0 Å². The minimum Gasteiger partial charge on any atom is -0.465 e.